The third kappa shape index (κ3) is 3.63. The van der Waals surface area contributed by atoms with E-state index in [-0.39, 0.29) is 17.9 Å². The number of hydrogen-bond acceptors (Lipinski definition) is 5. The molecule has 5 rings (SSSR count). The van der Waals surface area contributed by atoms with Gasteiger partial charge in [-0.1, -0.05) is 72.3 Å². The van der Waals surface area contributed by atoms with Crippen LogP contribution in [-0.2, 0) is 11.3 Å². The fraction of sp³-hybridized carbons (Fsp3) is 0.143. The predicted octanol–water partition coefficient (Wildman–Crippen LogP) is 5.53. The Morgan fingerprint density at radius 3 is 2.47 bits per heavy atom. The van der Waals surface area contributed by atoms with Crippen LogP contribution in [0.25, 0.3) is 11.0 Å². The first-order valence-corrected chi connectivity index (χ1v) is 10.9. The summed E-state index contributed by atoms with van der Waals surface area (Å²) in [5, 5.41) is 11.6. The Hall–Kier alpha value is -4.32. The smallest absolute Gasteiger partial charge is 0.290 e. The fourth-order valence-corrected chi connectivity index (χ4v) is 4.37. The maximum absolute atomic E-state index is 13.7. The Balaban J connectivity index is 1.60. The number of carbonyl (C=O) groups is 2. The molecule has 34 heavy (non-hydrogen) atoms. The zero-order valence-electron chi connectivity index (χ0n) is 18.8. The molecule has 0 bridgehead atoms. The Labute approximate surface area is 196 Å². The highest BCUT2D eigenvalue weighted by Gasteiger charge is 2.44. The molecular formula is C28H23NO5. The number of ether oxygens (including phenoxy) is 1. The Kier molecular flexibility index (Phi) is 5.42. The Morgan fingerprint density at radius 1 is 1.03 bits per heavy atom. The molecule has 4 aromatic rings. The van der Waals surface area contributed by atoms with Crippen molar-refractivity contribution in [1.82, 2.24) is 4.90 Å². The molecule has 1 aliphatic rings. The Bertz CT molecular complexity index is 1420. The van der Waals surface area contributed by atoms with Crippen LogP contribution in [0.4, 0.5) is 0 Å². The van der Waals surface area contributed by atoms with Gasteiger partial charge < -0.3 is 19.2 Å². The molecule has 0 fully saturated rings. The number of methoxy groups -OCH3 is 1. The summed E-state index contributed by atoms with van der Waals surface area (Å²) < 4.78 is 11.2. The van der Waals surface area contributed by atoms with Gasteiger partial charge in [-0.15, -0.1) is 0 Å². The zero-order valence-corrected chi connectivity index (χ0v) is 18.8. The van der Waals surface area contributed by atoms with Crippen molar-refractivity contribution in [2.45, 2.75) is 19.5 Å². The quantitative estimate of drug-likeness (QED) is 0.389. The first kappa shape index (κ1) is 21.5. The van der Waals surface area contributed by atoms with Crippen molar-refractivity contribution in [3.8, 4) is 5.75 Å². The molecule has 170 valence electrons. The van der Waals surface area contributed by atoms with Gasteiger partial charge in [0.05, 0.1) is 18.7 Å². The lowest BCUT2D eigenvalue weighted by Crippen LogP contribution is -2.30. The van der Waals surface area contributed by atoms with Crippen molar-refractivity contribution in [2.75, 3.05) is 7.11 Å². The van der Waals surface area contributed by atoms with Crippen molar-refractivity contribution in [2.24, 2.45) is 0 Å². The molecule has 6 heteroatoms. The number of carbonyl (C=O) groups excluding carboxylic acids is 2. The number of benzene rings is 3. The number of hydrogen-bond donors (Lipinski definition) is 1. The van der Waals surface area contributed by atoms with Crippen LogP contribution in [-0.4, -0.2) is 28.8 Å². The predicted molar refractivity (Wildman–Crippen MR) is 128 cm³/mol. The van der Waals surface area contributed by atoms with Gasteiger partial charge in [-0.25, -0.2) is 0 Å². The summed E-state index contributed by atoms with van der Waals surface area (Å²) in [6, 6.07) is 23.3. The van der Waals surface area contributed by atoms with Crippen LogP contribution in [0.2, 0.25) is 0 Å². The van der Waals surface area contributed by atoms with E-state index < -0.39 is 23.5 Å². The highest BCUT2D eigenvalue weighted by atomic mass is 16.5. The molecule has 0 radical (unpaired) electrons. The van der Waals surface area contributed by atoms with E-state index in [9.17, 15) is 14.7 Å². The second kappa shape index (κ2) is 8.56. The minimum Gasteiger partial charge on any atom is -0.503 e. The first-order valence-electron chi connectivity index (χ1n) is 10.9. The first-order chi connectivity index (χ1) is 16.5. The van der Waals surface area contributed by atoms with E-state index in [1.807, 2.05) is 67.6 Å². The SMILES string of the molecule is COc1cccc2cc(C(=O)C3=C(O)C(=O)N(Cc4ccccc4)C3c3ccc(C)cc3)oc12. The molecule has 0 saturated carbocycles. The van der Waals surface area contributed by atoms with E-state index >= 15 is 0 Å². The lowest BCUT2D eigenvalue weighted by molar-refractivity contribution is -0.130. The van der Waals surface area contributed by atoms with Gasteiger partial charge in [0.15, 0.2) is 22.9 Å². The summed E-state index contributed by atoms with van der Waals surface area (Å²) in [5.74, 6) is -1.15. The maximum atomic E-state index is 13.7. The normalized spacial score (nSPS) is 15.9. The van der Waals surface area contributed by atoms with Crippen molar-refractivity contribution < 1.29 is 23.8 Å². The molecule has 1 atom stereocenters. The van der Waals surface area contributed by atoms with Crippen LogP contribution >= 0.6 is 0 Å². The van der Waals surface area contributed by atoms with E-state index in [0.29, 0.717) is 16.7 Å². The highest BCUT2D eigenvalue weighted by Crippen LogP contribution is 2.41. The molecule has 1 N–H and O–H groups in total. The summed E-state index contributed by atoms with van der Waals surface area (Å²) in [5.41, 5.74) is 3.11. The van der Waals surface area contributed by atoms with E-state index in [0.717, 1.165) is 16.7 Å². The molecule has 6 nitrogen and oxygen atoms in total. The molecule has 0 spiro atoms. The number of aryl methyl sites for hydroxylation is 1. The van der Waals surface area contributed by atoms with Gasteiger partial charge in [0.1, 0.15) is 0 Å². The number of nitrogens with zero attached hydrogens (tertiary/aromatic N) is 1. The van der Waals surface area contributed by atoms with Crippen molar-refractivity contribution in [3.63, 3.8) is 0 Å². The number of aliphatic hydroxyl groups excluding tert-OH is 1. The van der Waals surface area contributed by atoms with E-state index in [1.54, 1.807) is 18.2 Å². The topological polar surface area (TPSA) is 80.0 Å². The average Bonchev–Trinajstić information content (AvgIpc) is 3.40. The van der Waals surface area contributed by atoms with Crippen LogP contribution in [0.15, 0.2) is 94.6 Å². The fourth-order valence-electron chi connectivity index (χ4n) is 4.37. The number of amides is 1. The summed E-state index contributed by atoms with van der Waals surface area (Å²) in [6.45, 7) is 2.21. The van der Waals surface area contributed by atoms with Crippen LogP contribution < -0.4 is 4.74 Å². The van der Waals surface area contributed by atoms with E-state index in [2.05, 4.69) is 0 Å². The molecule has 0 saturated heterocycles. The molecule has 1 aliphatic heterocycles. The molecule has 0 aliphatic carbocycles. The summed E-state index contributed by atoms with van der Waals surface area (Å²) in [6.07, 6.45) is 0. The van der Waals surface area contributed by atoms with Crippen LogP contribution in [0.1, 0.15) is 33.3 Å². The summed E-state index contributed by atoms with van der Waals surface area (Å²) >= 11 is 0. The van der Waals surface area contributed by atoms with Gasteiger partial charge in [0.25, 0.3) is 5.91 Å². The number of aliphatic hydroxyl groups is 1. The summed E-state index contributed by atoms with van der Waals surface area (Å²) in [7, 11) is 1.53. The standard InChI is InChI=1S/C28H23NO5/c1-17-11-13-19(14-12-17)24-23(26(31)28(32)29(24)16-18-7-4-3-5-8-18)25(30)22-15-20-9-6-10-21(33-2)27(20)34-22/h3-15,24,31H,16H2,1-2H3. The number of fused-ring (bicyclic) bond motifs is 1. The van der Waals surface area contributed by atoms with E-state index in [1.165, 1.54) is 12.0 Å². The largest absolute Gasteiger partial charge is 0.503 e. The third-order valence-corrected chi connectivity index (χ3v) is 6.09. The van der Waals surface area contributed by atoms with Crippen molar-refractivity contribution in [3.05, 3.63) is 113 Å². The van der Waals surface area contributed by atoms with Gasteiger partial charge in [0.2, 0.25) is 5.78 Å². The minimum atomic E-state index is -0.754. The van der Waals surface area contributed by atoms with E-state index in [4.69, 9.17) is 9.15 Å². The minimum absolute atomic E-state index is 0.00260. The third-order valence-electron chi connectivity index (χ3n) is 6.09. The number of ketones is 1. The second-order valence-electron chi connectivity index (χ2n) is 8.31. The van der Waals surface area contributed by atoms with Gasteiger partial charge in [-0.3, -0.25) is 9.59 Å². The molecule has 1 amide bonds. The van der Waals surface area contributed by atoms with Crippen LogP contribution in [0.5, 0.6) is 5.75 Å². The van der Waals surface area contributed by atoms with Gasteiger partial charge >= 0.3 is 0 Å². The molecule has 2 heterocycles. The Morgan fingerprint density at radius 2 is 1.76 bits per heavy atom. The second-order valence-corrected chi connectivity index (χ2v) is 8.31. The molecular weight excluding hydrogens is 430 g/mol. The lowest BCUT2D eigenvalue weighted by atomic mass is 9.94. The van der Waals surface area contributed by atoms with Crippen LogP contribution in [0, 0.1) is 6.92 Å². The molecule has 1 unspecified atom stereocenters. The van der Waals surface area contributed by atoms with Gasteiger partial charge in [-0.05, 0) is 30.2 Å². The zero-order chi connectivity index (χ0) is 23.8. The average molecular weight is 453 g/mol. The number of furan rings is 1. The number of para-hydroxylation sites is 1. The maximum Gasteiger partial charge on any atom is 0.290 e. The number of rotatable bonds is 6. The monoisotopic (exact) mass is 453 g/mol. The van der Waals surface area contributed by atoms with Crippen LogP contribution in [0.3, 0.4) is 0 Å². The van der Waals surface area contributed by atoms with Gasteiger partial charge in [0, 0.05) is 11.9 Å². The number of Topliss-reactive ketones (excluding diaryl/α,β-unsaturated/α-hetero) is 1. The molecule has 3 aromatic carbocycles. The molecule has 1 aromatic heterocycles. The highest BCUT2D eigenvalue weighted by molar-refractivity contribution is 6.16. The summed E-state index contributed by atoms with van der Waals surface area (Å²) in [4.78, 5) is 28.4. The van der Waals surface area contributed by atoms with Crippen molar-refractivity contribution in [1.29, 1.82) is 0 Å². The lowest BCUT2D eigenvalue weighted by Gasteiger charge is -2.27. The van der Waals surface area contributed by atoms with Gasteiger partial charge in [-0.2, -0.15) is 0 Å². The van der Waals surface area contributed by atoms with Crippen molar-refractivity contribution >= 4 is 22.7 Å².